The average Bonchev–Trinajstić information content (AvgIpc) is 3.05. The SMILES string of the molecule is Cc1ccc2c3cccc4c3c3n(c(C)c5[n+]3c2c1CC5)C4. The molecule has 2 aromatic carbocycles. The van der Waals surface area contributed by atoms with Gasteiger partial charge in [-0.25, -0.2) is 4.57 Å². The number of benzene rings is 2. The second kappa shape index (κ2) is 3.35. The first-order valence-corrected chi connectivity index (χ1v) is 8.15. The normalized spacial score (nSPS) is 15.2. The van der Waals surface area contributed by atoms with Gasteiger partial charge in [-0.05, 0) is 25.0 Å². The van der Waals surface area contributed by atoms with Crippen LogP contribution in [0.15, 0.2) is 30.3 Å². The Balaban J connectivity index is 2.11. The van der Waals surface area contributed by atoms with Gasteiger partial charge in [0.2, 0.25) is 0 Å². The molecule has 0 saturated carbocycles. The van der Waals surface area contributed by atoms with E-state index in [1.54, 1.807) is 5.56 Å². The number of aryl methyl sites for hydroxylation is 3. The third-order valence-corrected chi connectivity index (χ3v) is 5.91. The molecule has 4 heterocycles. The quantitative estimate of drug-likeness (QED) is 0.304. The van der Waals surface area contributed by atoms with Crippen LogP contribution in [0, 0.1) is 13.8 Å². The van der Waals surface area contributed by atoms with E-state index < -0.39 is 0 Å². The molecule has 0 N–H and O–H groups in total. The fourth-order valence-corrected chi connectivity index (χ4v) is 4.86. The zero-order chi connectivity index (χ0) is 14.6. The largest absolute Gasteiger partial charge is 0.295 e. The van der Waals surface area contributed by atoms with Crippen molar-refractivity contribution in [3.05, 3.63) is 58.4 Å². The number of hydrogen-bond donors (Lipinski definition) is 0. The number of imidazole rings is 1. The van der Waals surface area contributed by atoms with Crippen molar-refractivity contribution in [2.45, 2.75) is 33.2 Å². The van der Waals surface area contributed by atoms with Gasteiger partial charge in [0, 0.05) is 35.2 Å². The first-order valence-electron chi connectivity index (χ1n) is 8.15. The Morgan fingerprint density at radius 3 is 2.82 bits per heavy atom. The summed E-state index contributed by atoms with van der Waals surface area (Å²) in [7, 11) is 0. The Kier molecular flexibility index (Phi) is 1.71. The molecule has 2 aliphatic rings. The van der Waals surface area contributed by atoms with Gasteiger partial charge in [-0.3, -0.25) is 0 Å². The number of rotatable bonds is 0. The maximum absolute atomic E-state index is 2.58. The van der Waals surface area contributed by atoms with Crippen LogP contribution in [0.2, 0.25) is 0 Å². The van der Waals surface area contributed by atoms with E-state index in [0.29, 0.717) is 0 Å². The zero-order valence-corrected chi connectivity index (χ0v) is 12.9. The Bertz CT molecular complexity index is 1160. The van der Waals surface area contributed by atoms with Gasteiger partial charge in [0.05, 0.1) is 5.39 Å². The Morgan fingerprint density at radius 2 is 1.91 bits per heavy atom. The minimum absolute atomic E-state index is 1.03. The summed E-state index contributed by atoms with van der Waals surface area (Å²) < 4.78 is 5.11. The van der Waals surface area contributed by atoms with Gasteiger partial charge in [-0.1, -0.05) is 24.3 Å². The summed E-state index contributed by atoms with van der Waals surface area (Å²) >= 11 is 0. The van der Waals surface area contributed by atoms with Crippen molar-refractivity contribution >= 4 is 27.3 Å². The Hall–Kier alpha value is -2.35. The lowest BCUT2D eigenvalue weighted by Gasteiger charge is -2.15. The number of aromatic nitrogens is 2. The minimum Gasteiger partial charge on any atom is -0.222 e. The van der Waals surface area contributed by atoms with Crippen LogP contribution in [-0.2, 0) is 19.4 Å². The predicted octanol–water partition coefficient (Wildman–Crippen LogP) is 3.61. The summed E-state index contributed by atoms with van der Waals surface area (Å²) in [5, 5.41) is 4.33. The van der Waals surface area contributed by atoms with Crippen molar-refractivity contribution < 1.29 is 4.40 Å². The molecule has 0 bridgehead atoms. The summed E-state index contributed by atoms with van der Waals surface area (Å²) in [6, 6.07) is 11.5. The van der Waals surface area contributed by atoms with Crippen LogP contribution in [0.4, 0.5) is 0 Å². The molecule has 0 fully saturated rings. The average molecular weight is 285 g/mol. The molecule has 0 saturated heterocycles. The molecule has 0 aliphatic carbocycles. The van der Waals surface area contributed by atoms with E-state index in [4.69, 9.17) is 0 Å². The van der Waals surface area contributed by atoms with E-state index in [2.05, 4.69) is 53.1 Å². The lowest BCUT2D eigenvalue weighted by atomic mass is 9.92. The summed E-state index contributed by atoms with van der Waals surface area (Å²) in [5.74, 6) is 0. The van der Waals surface area contributed by atoms with Crippen molar-refractivity contribution in [1.29, 1.82) is 0 Å². The van der Waals surface area contributed by atoms with E-state index >= 15 is 0 Å². The van der Waals surface area contributed by atoms with E-state index in [0.717, 1.165) is 6.54 Å². The van der Waals surface area contributed by atoms with Crippen molar-refractivity contribution in [1.82, 2.24) is 4.57 Å². The highest BCUT2D eigenvalue weighted by atomic mass is 15.2. The molecule has 0 spiro atoms. The highest BCUT2D eigenvalue weighted by Crippen LogP contribution is 2.38. The zero-order valence-electron chi connectivity index (χ0n) is 12.9. The standard InChI is InChI=1S/C20H17N2/c1-11-6-7-16-15-5-3-4-13-10-21-12(2)17-9-8-14(11)19(16)22(17)20(21)18(13)15/h3-7H,8-10H2,1-2H3/q+1. The maximum Gasteiger partial charge on any atom is 0.295 e. The van der Waals surface area contributed by atoms with Crippen LogP contribution in [-0.4, -0.2) is 4.57 Å². The van der Waals surface area contributed by atoms with Gasteiger partial charge in [0.25, 0.3) is 5.65 Å². The van der Waals surface area contributed by atoms with Gasteiger partial charge in [0.1, 0.15) is 17.8 Å². The van der Waals surface area contributed by atoms with E-state index in [1.165, 1.54) is 62.7 Å². The van der Waals surface area contributed by atoms with Crippen LogP contribution in [0.1, 0.15) is 28.1 Å². The van der Waals surface area contributed by atoms with E-state index in [9.17, 15) is 0 Å². The third-order valence-electron chi connectivity index (χ3n) is 5.91. The Labute approximate surface area is 128 Å². The first kappa shape index (κ1) is 11.2. The topological polar surface area (TPSA) is 9.03 Å². The van der Waals surface area contributed by atoms with Gasteiger partial charge in [0.15, 0.2) is 5.69 Å². The fourth-order valence-electron chi connectivity index (χ4n) is 4.86. The van der Waals surface area contributed by atoms with Crippen molar-refractivity contribution in [3.8, 4) is 0 Å². The predicted molar refractivity (Wildman–Crippen MR) is 88.6 cm³/mol. The van der Waals surface area contributed by atoms with Crippen molar-refractivity contribution in [2.24, 2.45) is 0 Å². The highest BCUT2D eigenvalue weighted by molar-refractivity contribution is 6.12. The third kappa shape index (κ3) is 1.01. The summed E-state index contributed by atoms with van der Waals surface area (Å²) in [6.45, 7) is 5.59. The van der Waals surface area contributed by atoms with Crippen LogP contribution >= 0.6 is 0 Å². The fraction of sp³-hybridized carbons (Fsp3) is 0.250. The highest BCUT2D eigenvalue weighted by Gasteiger charge is 2.35. The molecule has 4 aromatic rings. The molecule has 2 heteroatoms. The molecule has 2 nitrogen and oxygen atoms in total. The van der Waals surface area contributed by atoms with Gasteiger partial charge >= 0.3 is 0 Å². The number of fused-ring (bicyclic) bond motifs is 1. The number of pyridine rings is 1. The summed E-state index contributed by atoms with van der Waals surface area (Å²) in [4.78, 5) is 0. The Morgan fingerprint density at radius 1 is 1.00 bits per heavy atom. The number of nitrogens with zero attached hydrogens (tertiary/aromatic N) is 2. The van der Waals surface area contributed by atoms with Crippen LogP contribution in [0.25, 0.3) is 27.3 Å². The van der Waals surface area contributed by atoms with Crippen LogP contribution in [0.3, 0.4) is 0 Å². The van der Waals surface area contributed by atoms with Crippen molar-refractivity contribution in [2.75, 3.05) is 0 Å². The summed E-state index contributed by atoms with van der Waals surface area (Å²) in [6.07, 6.45) is 2.34. The lowest BCUT2D eigenvalue weighted by Crippen LogP contribution is -2.31. The molecule has 0 atom stereocenters. The molecule has 0 unspecified atom stereocenters. The monoisotopic (exact) mass is 285 g/mol. The maximum atomic E-state index is 2.58. The molecule has 2 aromatic heterocycles. The van der Waals surface area contributed by atoms with E-state index in [-0.39, 0.29) is 0 Å². The molecule has 22 heavy (non-hydrogen) atoms. The first-order chi connectivity index (χ1) is 10.8. The summed E-state index contributed by atoms with van der Waals surface area (Å²) in [5.41, 5.74) is 10.3. The number of hydrogen-bond acceptors (Lipinski definition) is 0. The van der Waals surface area contributed by atoms with Crippen molar-refractivity contribution in [3.63, 3.8) is 0 Å². The van der Waals surface area contributed by atoms with E-state index in [1.807, 2.05) is 0 Å². The molecule has 106 valence electrons. The molecular formula is C20H17N2+. The molecule has 6 rings (SSSR count). The van der Waals surface area contributed by atoms with Gasteiger partial charge in [-0.2, -0.15) is 4.40 Å². The van der Waals surface area contributed by atoms with Gasteiger partial charge < -0.3 is 0 Å². The smallest absolute Gasteiger partial charge is 0.222 e. The molecule has 2 aliphatic heterocycles. The second-order valence-corrected chi connectivity index (χ2v) is 6.87. The minimum atomic E-state index is 1.03. The van der Waals surface area contributed by atoms with Crippen LogP contribution in [0.5, 0.6) is 0 Å². The molecule has 0 radical (unpaired) electrons. The second-order valence-electron chi connectivity index (χ2n) is 6.87. The van der Waals surface area contributed by atoms with Gasteiger partial charge in [-0.15, -0.1) is 0 Å². The molecular weight excluding hydrogens is 268 g/mol. The van der Waals surface area contributed by atoms with Crippen LogP contribution < -0.4 is 4.40 Å². The lowest BCUT2D eigenvalue weighted by molar-refractivity contribution is -0.492. The molecule has 0 amide bonds.